The van der Waals surface area contributed by atoms with E-state index in [4.69, 9.17) is 0 Å². The molecule has 0 aromatic carbocycles. The molecule has 8 nitrogen and oxygen atoms in total. The molecule has 0 aromatic rings. The Morgan fingerprint density at radius 2 is 0.941 bits per heavy atom. The van der Waals surface area contributed by atoms with Crippen molar-refractivity contribution in [2.24, 2.45) is 0 Å². The minimum Gasteiger partial charge on any atom is -0.726 e. The average molecular weight is 344 g/mol. The van der Waals surface area contributed by atoms with E-state index < -0.39 is 33.0 Å². The molecule has 0 spiro atoms. The van der Waals surface area contributed by atoms with E-state index in [1.165, 1.54) is 27.7 Å². The standard InChI is InChI=1S/2C3H8O4S.Zn/c2*1-3(2)7-8(4,5)6;/h2*3H,1-2H3,(H,4,5,6);/q;;+2/p-2. The molecule has 0 amide bonds. The van der Waals surface area contributed by atoms with Crippen molar-refractivity contribution < 1.29 is 53.8 Å². The van der Waals surface area contributed by atoms with Crippen molar-refractivity contribution in [2.45, 2.75) is 39.9 Å². The Kier molecular flexibility index (Phi) is 12.3. The van der Waals surface area contributed by atoms with E-state index in [0.717, 1.165) is 0 Å². The van der Waals surface area contributed by atoms with Gasteiger partial charge < -0.3 is 9.11 Å². The molecule has 0 rings (SSSR count). The van der Waals surface area contributed by atoms with Gasteiger partial charge in [-0.1, -0.05) is 0 Å². The minimum atomic E-state index is -4.47. The first-order chi connectivity index (χ1) is 6.83. The van der Waals surface area contributed by atoms with Gasteiger partial charge in [-0.25, -0.2) is 16.8 Å². The van der Waals surface area contributed by atoms with Crippen molar-refractivity contribution in [2.75, 3.05) is 0 Å². The van der Waals surface area contributed by atoms with Crippen molar-refractivity contribution >= 4 is 20.8 Å². The molecule has 11 heteroatoms. The Morgan fingerprint density at radius 3 is 0.941 bits per heavy atom. The van der Waals surface area contributed by atoms with Gasteiger partial charge in [-0.05, 0) is 27.7 Å². The molecule has 0 aliphatic rings. The minimum absolute atomic E-state index is 0. The third-order valence-electron chi connectivity index (χ3n) is 0.621. The van der Waals surface area contributed by atoms with Crippen molar-refractivity contribution in [3.63, 3.8) is 0 Å². The van der Waals surface area contributed by atoms with Crippen LogP contribution in [0.4, 0.5) is 0 Å². The number of hydrogen-bond acceptors (Lipinski definition) is 8. The molecule has 0 radical (unpaired) electrons. The largest absolute Gasteiger partial charge is 2.00 e. The molecular formula is C6H14O8S2Zn. The van der Waals surface area contributed by atoms with E-state index in [0.29, 0.717) is 0 Å². The van der Waals surface area contributed by atoms with Crippen LogP contribution in [0.3, 0.4) is 0 Å². The van der Waals surface area contributed by atoms with Gasteiger partial charge in [-0.3, -0.25) is 8.37 Å². The molecular weight excluding hydrogens is 330 g/mol. The van der Waals surface area contributed by atoms with Crippen LogP contribution in [0.25, 0.3) is 0 Å². The second kappa shape index (κ2) is 9.31. The normalized spacial score (nSPS) is 11.8. The molecule has 0 atom stereocenters. The van der Waals surface area contributed by atoms with Crippen LogP contribution in [-0.2, 0) is 48.6 Å². The Morgan fingerprint density at radius 1 is 0.765 bits per heavy atom. The van der Waals surface area contributed by atoms with Gasteiger partial charge in [0.05, 0.1) is 12.2 Å². The van der Waals surface area contributed by atoms with Crippen molar-refractivity contribution in [1.29, 1.82) is 0 Å². The molecule has 0 aromatic heterocycles. The molecule has 0 N–H and O–H groups in total. The summed E-state index contributed by atoms with van der Waals surface area (Å²) in [6.45, 7) is 5.87. The zero-order valence-corrected chi connectivity index (χ0v) is 14.5. The third-order valence-corrected chi connectivity index (χ3v) is 1.86. The Balaban J connectivity index is -0.000000218. The Hall–Kier alpha value is 0.363. The SMILES string of the molecule is CC(C)OS(=O)(=O)[O-].CC(C)OS(=O)(=O)[O-].[Zn+2]. The van der Waals surface area contributed by atoms with Crippen LogP contribution in [0.1, 0.15) is 27.7 Å². The van der Waals surface area contributed by atoms with E-state index >= 15 is 0 Å². The summed E-state index contributed by atoms with van der Waals surface area (Å²) in [7, 11) is -8.95. The first-order valence-corrected chi connectivity index (χ1v) is 6.78. The van der Waals surface area contributed by atoms with Crippen LogP contribution in [0, 0.1) is 0 Å². The second-order valence-electron chi connectivity index (χ2n) is 3.11. The van der Waals surface area contributed by atoms with E-state index in [2.05, 4.69) is 8.37 Å². The number of rotatable bonds is 4. The fraction of sp³-hybridized carbons (Fsp3) is 1.00. The monoisotopic (exact) mass is 342 g/mol. The fourth-order valence-electron chi connectivity index (χ4n) is 0.471. The smallest absolute Gasteiger partial charge is 0.726 e. The summed E-state index contributed by atoms with van der Waals surface area (Å²) < 4.78 is 65.7. The molecule has 0 heterocycles. The van der Waals surface area contributed by atoms with E-state index in [1.807, 2.05) is 0 Å². The van der Waals surface area contributed by atoms with E-state index in [9.17, 15) is 25.9 Å². The topological polar surface area (TPSA) is 133 Å². The molecule has 0 unspecified atom stereocenters. The molecule has 0 aliphatic heterocycles. The summed E-state index contributed by atoms with van der Waals surface area (Å²) in [5.41, 5.74) is 0. The van der Waals surface area contributed by atoms with Crippen LogP contribution >= 0.6 is 0 Å². The van der Waals surface area contributed by atoms with Crippen LogP contribution in [0.5, 0.6) is 0 Å². The summed E-state index contributed by atoms with van der Waals surface area (Å²) in [4.78, 5) is 0. The first kappa shape index (κ1) is 22.5. The Bertz CT molecular complexity index is 333. The van der Waals surface area contributed by atoms with Gasteiger partial charge in [-0.15, -0.1) is 0 Å². The van der Waals surface area contributed by atoms with E-state index in [1.54, 1.807) is 0 Å². The average Bonchev–Trinajstić information content (AvgIpc) is 1.72. The van der Waals surface area contributed by atoms with Crippen molar-refractivity contribution in [3.8, 4) is 0 Å². The molecule has 0 bridgehead atoms. The fourth-order valence-corrected chi connectivity index (χ4v) is 1.41. The summed E-state index contributed by atoms with van der Waals surface area (Å²) >= 11 is 0. The van der Waals surface area contributed by atoms with Crippen LogP contribution in [-0.4, -0.2) is 38.1 Å². The predicted octanol–water partition coefficient (Wildman–Crippen LogP) is -0.259. The van der Waals surface area contributed by atoms with Crippen LogP contribution < -0.4 is 0 Å². The van der Waals surface area contributed by atoms with E-state index in [-0.39, 0.29) is 19.5 Å². The maximum absolute atomic E-state index is 9.66. The zero-order valence-electron chi connectivity index (χ0n) is 9.94. The van der Waals surface area contributed by atoms with Crippen LogP contribution in [0.2, 0.25) is 0 Å². The summed E-state index contributed by atoms with van der Waals surface area (Å²) in [5, 5.41) is 0. The molecule has 100 valence electrons. The summed E-state index contributed by atoms with van der Waals surface area (Å²) in [6, 6.07) is 0. The van der Waals surface area contributed by atoms with Gasteiger partial charge in [0.15, 0.2) is 0 Å². The summed E-state index contributed by atoms with van der Waals surface area (Å²) in [6.07, 6.45) is -1.12. The van der Waals surface area contributed by atoms with Gasteiger partial charge in [0.2, 0.25) is 20.8 Å². The predicted molar refractivity (Wildman–Crippen MR) is 51.8 cm³/mol. The first-order valence-electron chi connectivity index (χ1n) is 4.11. The maximum Gasteiger partial charge on any atom is 2.00 e. The van der Waals surface area contributed by atoms with Crippen LogP contribution in [0.15, 0.2) is 0 Å². The van der Waals surface area contributed by atoms with Gasteiger partial charge in [0, 0.05) is 0 Å². The van der Waals surface area contributed by atoms with Crippen molar-refractivity contribution in [3.05, 3.63) is 0 Å². The molecule has 17 heavy (non-hydrogen) atoms. The third kappa shape index (κ3) is 31.4. The van der Waals surface area contributed by atoms with Crippen molar-refractivity contribution in [1.82, 2.24) is 0 Å². The zero-order chi connectivity index (χ0) is 13.6. The number of hydrogen-bond donors (Lipinski definition) is 0. The quantitative estimate of drug-likeness (QED) is 0.387. The van der Waals surface area contributed by atoms with Gasteiger partial charge in [-0.2, -0.15) is 0 Å². The van der Waals surface area contributed by atoms with Gasteiger partial charge in [0.1, 0.15) is 0 Å². The maximum atomic E-state index is 9.66. The summed E-state index contributed by atoms with van der Waals surface area (Å²) in [5.74, 6) is 0. The molecule has 0 aliphatic carbocycles. The second-order valence-corrected chi connectivity index (χ2v) is 5.12. The van der Waals surface area contributed by atoms with Gasteiger partial charge in [0.25, 0.3) is 0 Å². The molecule has 0 saturated carbocycles. The Labute approximate surface area is 114 Å². The molecule has 0 fully saturated rings. The van der Waals surface area contributed by atoms with Gasteiger partial charge >= 0.3 is 19.5 Å². The molecule has 0 saturated heterocycles.